The van der Waals surface area contributed by atoms with E-state index >= 15 is 0 Å². The number of sulfone groups is 1. The summed E-state index contributed by atoms with van der Waals surface area (Å²) in [4.78, 5) is 29.8. The third-order valence-corrected chi connectivity index (χ3v) is 5.73. The molecule has 0 saturated carbocycles. The van der Waals surface area contributed by atoms with Gasteiger partial charge in [0.05, 0.1) is 5.69 Å². The molecule has 3 heterocycles. The Kier molecular flexibility index (Phi) is 5.85. The summed E-state index contributed by atoms with van der Waals surface area (Å²) in [6.45, 7) is 5.90. The number of fused-ring (bicyclic) bond motifs is 1. The molecule has 0 bridgehead atoms. The van der Waals surface area contributed by atoms with Crippen LogP contribution in [0.5, 0.6) is 0 Å². The number of pyridine rings is 1. The smallest absolute Gasteiger partial charge is 0.295 e. The first kappa shape index (κ1) is 21.1. The van der Waals surface area contributed by atoms with Crippen LogP contribution in [-0.4, -0.2) is 39.2 Å². The number of anilines is 1. The zero-order chi connectivity index (χ0) is 21.3. The van der Waals surface area contributed by atoms with Crippen LogP contribution in [0.1, 0.15) is 37.6 Å². The molecule has 1 atom stereocenters. The molecule has 0 amide bonds. The van der Waals surface area contributed by atoms with Crippen molar-refractivity contribution in [3.8, 4) is 0 Å². The molecule has 1 N–H and O–H groups in total. The number of nitrogens with zero attached hydrogens (tertiary/aromatic N) is 5. The minimum atomic E-state index is -3.37. The number of aryl methyl sites for hydroxylation is 1. The van der Waals surface area contributed by atoms with Crippen molar-refractivity contribution in [3.63, 3.8) is 0 Å². The second kappa shape index (κ2) is 8.03. The van der Waals surface area contributed by atoms with E-state index in [0.717, 1.165) is 12.7 Å². The number of nitrogens with one attached hydrogen (secondary N) is 1. The first-order valence-corrected chi connectivity index (χ1v) is 11.2. The molecule has 3 aromatic rings. The van der Waals surface area contributed by atoms with E-state index in [9.17, 15) is 13.2 Å². The van der Waals surface area contributed by atoms with Gasteiger partial charge in [-0.1, -0.05) is 13.0 Å². The lowest BCUT2D eigenvalue weighted by molar-refractivity contribution is 0.526. The quantitative estimate of drug-likeness (QED) is 0.585. The maximum absolute atomic E-state index is 13.1. The Hall–Kier alpha value is -2.59. The van der Waals surface area contributed by atoms with Gasteiger partial charge in [-0.05, 0) is 43.5 Å². The van der Waals surface area contributed by atoms with Crippen LogP contribution in [0.4, 0.5) is 5.82 Å². The van der Waals surface area contributed by atoms with E-state index in [1.807, 2.05) is 13.8 Å². The summed E-state index contributed by atoms with van der Waals surface area (Å²) in [5.74, 6) is 0.152. The molecule has 11 heteroatoms. The summed E-state index contributed by atoms with van der Waals surface area (Å²) in [6, 6.07) is 2.95. The first-order valence-electron chi connectivity index (χ1n) is 8.97. The molecule has 0 unspecified atom stereocenters. The molecule has 0 aliphatic rings. The fraction of sp³-hybridized carbons (Fsp3) is 0.389. The van der Waals surface area contributed by atoms with E-state index < -0.39 is 9.84 Å². The van der Waals surface area contributed by atoms with Crippen LogP contribution < -0.4 is 10.9 Å². The van der Waals surface area contributed by atoms with Gasteiger partial charge in [-0.3, -0.25) is 9.36 Å². The van der Waals surface area contributed by atoms with E-state index in [1.54, 1.807) is 17.6 Å². The summed E-state index contributed by atoms with van der Waals surface area (Å²) in [7, 11) is -3.37. The predicted molar refractivity (Wildman–Crippen MR) is 111 cm³/mol. The van der Waals surface area contributed by atoms with Crippen molar-refractivity contribution in [2.75, 3.05) is 11.6 Å². The molecule has 0 spiro atoms. The Balaban J connectivity index is 2.01. The van der Waals surface area contributed by atoms with Crippen LogP contribution in [0.25, 0.3) is 11.2 Å². The van der Waals surface area contributed by atoms with Gasteiger partial charge in [0.1, 0.15) is 5.52 Å². The molecule has 0 radical (unpaired) electrons. The van der Waals surface area contributed by atoms with Crippen LogP contribution >= 0.6 is 11.6 Å². The Morgan fingerprint density at radius 2 is 1.97 bits per heavy atom. The standard InChI is InChI=1S/C18H21ClN6O3S/c1-5-10(2)25-16-14(11(3)22-18(19)24-16)23-15(17(25)26)21-9-12-6-7-13(20-8-12)29(4,27)28/h6-8,10H,5,9H2,1-4H3,(H,21,23)/t10-/m0/s1. The van der Waals surface area contributed by atoms with Crippen LogP contribution in [0, 0.1) is 6.92 Å². The lowest BCUT2D eigenvalue weighted by atomic mass is 10.2. The molecule has 3 aromatic heterocycles. The average Bonchev–Trinajstić information content (AvgIpc) is 2.65. The molecule has 3 rings (SSSR count). The number of halogens is 1. The van der Waals surface area contributed by atoms with Gasteiger partial charge in [0.2, 0.25) is 5.28 Å². The fourth-order valence-corrected chi connectivity index (χ4v) is 3.58. The largest absolute Gasteiger partial charge is 0.361 e. The van der Waals surface area contributed by atoms with Crippen molar-refractivity contribution in [3.05, 3.63) is 45.2 Å². The van der Waals surface area contributed by atoms with Crippen molar-refractivity contribution in [1.82, 2.24) is 24.5 Å². The van der Waals surface area contributed by atoms with Gasteiger partial charge in [-0.25, -0.2) is 23.4 Å². The highest BCUT2D eigenvalue weighted by atomic mass is 35.5. The average molecular weight is 437 g/mol. The van der Waals surface area contributed by atoms with E-state index in [-0.39, 0.29) is 34.3 Å². The Labute approximate surface area is 173 Å². The van der Waals surface area contributed by atoms with Crippen LogP contribution in [0.15, 0.2) is 28.2 Å². The minimum absolute atomic E-state index is 0.00569. The highest BCUT2D eigenvalue weighted by molar-refractivity contribution is 7.90. The minimum Gasteiger partial charge on any atom is -0.361 e. The molecule has 154 valence electrons. The van der Waals surface area contributed by atoms with E-state index in [1.165, 1.54) is 12.3 Å². The van der Waals surface area contributed by atoms with Crippen LogP contribution in [0.2, 0.25) is 5.28 Å². The number of aromatic nitrogens is 5. The second-order valence-corrected chi connectivity index (χ2v) is 9.07. The third-order valence-electron chi connectivity index (χ3n) is 4.55. The van der Waals surface area contributed by atoms with Gasteiger partial charge in [0.15, 0.2) is 26.3 Å². The van der Waals surface area contributed by atoms with Gasteiger partial charge in [0, 0.05) is 25.0 Å². The number of hydrogen-bond donors (Lipinski definition) is 1. The lowest BCUT2D eigenvalue weighted by Crippen LogP contribution is -2.28. The van der Waals surface area contributed by atoms with Crippen molar-refractivity contribution < 1.29 is 8.42 Å². The summed E-state index contributed by atoms with van der Waals surface area (Å²) in [5, 5.41) is 3.07. The molecule has 0 aliphatic carbocycles. The third kappa shape index (κ3) is 4.38. The van der Waals surface area contributed by atoms with Crippen molar-refractivity contribution in [2.45, 2.75) is 44.8 Å². The summed E-state index contributed by atoms with van der Waals surface area (Å²) in [6.07, 6.45) is 3.27. The van der Waals surface area contributed by atoms with Crippen LogP contribution in [-0.2, 0) is 16.4 Å². The summed E-state index contributed by atoms with van der Waals surface area (Å²) >= 11 is 5.99. The van der Waals surface area contributed by atoms with Crippen molar-refractivity contribution >= 4 is 38.4 Å². The molecular formula is C18H21ClN6O3S. The lowest BCUT2D eigenvalue weighted by Gasteiger charge is -2.18. The van der Waals surface area contributed by atoms with E-state index in [2.05, 4.69) is 25.3 Å². The molecule has 9 nitrogen and oxygen atoms in total. The maximum Gasteiger partial charge on any atom is 0.295 e. The Morgan fingerprint density at radius 1 is 1.24 bits per heavy atom. The highest BCUT2D eigenvalue weighted by Gasteiger charge is 2.18. The van der Waals surface area contributed by atoms with Gasteiger partial charge in [-0.15, -0.1) is 0 Å². The molecule has 0 aliphatic heterocycles. The van der Waals surface area contributed by atoms with Gasteiger partial charge in [-0.2, -0.15) is 4.98 Å². The Bertz CT molecular complexity index is 1230. The topological polar surface area (TPSA) is 120 Å². The predicted octanol–water partition coefficient (Wildman–Crippen LogP) is 2.53. The van der Waals surface area contributed by atoms with Gasteiger partial charge in [0.25, 0.3) is 5.56 Å². The van der Waals surface area contributed by atoms with Gasteiger partial charge >= 0.3 is 0 Å². The molecule has 29 heavy (non-hydrogen) atoms. The highest BCUT2D eigenvalue weighted by Crippen LogP contribution is 2.20. The summed E-state index contributed by atoms with van der Waals surface area (Å²) < 4.78 is 24.6. The SMILES string of the molecule is CC[C@H](C)n1c(=O)c(NCc2ccc(S(C)(=O)=O)nc2)nc2c(C)nc(Cl)nc21. The summed E-state index contributed by atoms with van der Waals surface area (Å²) in [5.41, 5.74) is 1.84. The van der Waals surface area contributed by atoms with Crippen molar-refractivity contribution in [2.24, 2.45) is 0 Å². The molecule has 0 fully saturated rings. The van der Waals surface area contributed by atoms with E-state index in [0.29, 0.717) is 22.4 Å². The normalized spacial score (nSPS) is 12.9. The molecule has 0 aromatic carbocycles. The second-order valence-electron chi connectivity index (χ2n) is 6.77. The zero-order valence-corrected chi connectivity index (χ0v) is 18.0. The maximum atomic E-state index is 13.1. The Morgan fingerprint density at radius 3 is 2.55 bits per heavy atom. The number of rotatable bonds is 6. The fourth-order valence-electron chi connectivity index (χ4n) is 2.81. The molecule has 0 saturated heterocycles. The number of hydrogen-bond acceptors (Lipinski definition) is 8. The zero-order valence-electron chi connectivity index (χ0n) is 16.5. The molecular weight excluding hydrogens is 416 g/mol. The first-order chi connectivity index (χ1) is 13.6. The van der Waals surface area contributed by atoms with Gasteiger partial charge < -0.3 is 5.32 Å². The van der Waals surface area contributed by atoms with Crippen LogP contribution in [0.3, 0.4) is 0 Å². The van der Waals surface area contributed by atoms with E-state index in [4.69, 9.17) is 11.6 Å². The monoisotopic (exact) mass is 436 g/mol. The van der Waals surface area contributed by atoms with Crippen molar-refractivity contribution in [1.29, 1.82) is 0 Å².